The number of aryl methyl sites for hydroxylation is 1. The minimum Gasteiger partial charge on any atom is -0.495 e. The maximum atomic E-state index is 13.7. The van der Waals surface area contributed by atoms with E-state index in [1.807, 2.05) is 13.0 Å². The first kappa shape index (κ1) is 40.0. The van der Waals surface area contributed by atoms with E-state index in [1.54, 1.807) is 32.4 Å². The van der Waals surface area contributed by atoms with Crippen LogP contribution in [-0.2, 0) is 36.1 Å². The van der Waals surface area contributed by atoms with Gasteiger partial charge in [-0.05, 0) is 105 Å². The highest BCUT2D eigenvalue weighted by Gasteiger charge is 2.48. The Morgan fingerprint density at radius 1 is 1.08 bits per heavy atom. The molecule has 1 amide bonds. The summed E-state index contributed by atoms with van der Waals surface area (Å²) >= 11 is 6.47. The number of fused-ring (bicyclic) bond motifs is 4. The number of allylic oxidation sites excluding steroid dienone is 1. The van der Waals surface area contributed by atoms with E-state index < -0.39 is 26.8 Å². The first-order chi connectivity index (χ1) is 25.5. The van der Waals surface area contributed by atoms with E-state index in [0.29, 0.717) is 51.3 Å². The lowest BCUT2D eigenvalue weighted by Crippen LogP contribution is -2.54. The van der Waals surface area contributed by atoms with Gasteiger partial charge in [-0.1, -0.05) is 43.7 Å². The van der Waals surface area contributed by atoms with Crippen LogP contribution >= 0.6 is 11.6 Å². The number of carbonyl (C=O) groups excluding carboxylic acids is 1. The Hall–Kier alpha value is -2.67. The van der Waals surface area contributed by atoms with E-state index in [0.717, 1.165) is 75.7 Å². The van der Waals surface area contributed by atoms with Gasteiger partial charge in [0.25, 0.3) is 5.91 Å². The lowest BCUT2D eigenvalue weighted by atomic mass is 9.64. The third kappa shape index (κ3) is 9.08. The lowest BCUT2D eigenvalue weighted by Gasteiger charge is -2.51. The van der Waals surface area contributed by atoms with Crippen molar-refractivity contribution in [3.8, 4) is 5.75 Å². The van der Waals surface area contributed by atoms with Gasteiger partial charge in [0.1, 0.15) is 11.4 Å². The molecule has 0 unspecified atom stereocenters. The minimum absolute atomic E-state index is 0.163. The quantitative estimate of drug-likeness (QED) is 0.217. The number of anilines is 1. The van der Waals surface area contributed by atoms with Crippen LogP contribution in [0.25, 0.3) is 0 Å². The number of hydrogen-bond donors (Lipinski definition) is 1. The second-order valence-corrected chi connectivity index (χ2v) is 18.0. The summed E-state index contributed by atoms with van der Waals surface area (Å²) in [5.41, 5.74) is 2.72. The zero-order valence-electron chi connectivity index (χ0n) is 31.9. The van der Waals surface area contributed by atoms with Gasteiger partial charge in [0.2, 0.25) is 10.0 Å². The average Bonchev–Trinajstić information content (AvgIpc) is 3.13. The Kier molecular flexibility index (Phi) is 13.1. The number of amides is 1. The molecule has 292 valence electrons. The first-order valence-electron chi connectivity index (χ1n) is 19.4. The number of carbonyl (C=O) groups is 1. The monoisotopic (exact) mass is 771 g/mol. The van der Waals surface area contributed by atoms with E-state index in [9.17, 15) is 13.2 Å². The number of rotatable bonds is 10. The summed E-state index contributed by atoms with van der Waals surface area (Å²) in [5, 5.41) is 0.0170. The molecule has 2 bridgehead atoms. The molecule has 0 spiro atoms. The van der Waals surface area contributed by atoms with Crippen molar-refractivity contribution >= 4 is 33.2 Å². The van der Waals surface area contributed by atoms with E-state index >= 15 is 0 Å². The molecule has 0 aromatic heterocycles. The summed E-state index contributed by atoms with van der Waals surface area (Å²) in [7, 11) is -0.536. The number of hydrogen-bond acceptors (Lipinski definition) is 9. The van der Waals surface area contributed by atoms with E-state index in [1.165, 1.54) is 11.1 Å². The smallest absolute Gasteiger partial charge is 0.264 e. The van der Waals surface area contributed by atoms with Gasteiger partial charge in [-0.15, -0.1) is 0 Å². The van der Waals surface area contributed by atoms with E-state index in [-0.39, 0.29) is 22.8 Å². The van der Waals surface area contributed by atoms with Crippen LogP contribution in [0.15, 0.2) is 48.6 Å². The molecule has 1 saturated heterocycles. The Balaban J connectivity index is 1.38. The normalized spacial score (nSPS) is 30.0. The van der Waals surface area contributed by atoms with Crippen LogP contribution in [0.3, 0.4) is 0 Å². The number of halogens is 1. The molecule has 2 aliphatic carbocycles. The maximum absolute atomic E-state index is 13.7. The topological polar surface area (TPSA) is 107 Å². The third-order valence-corrected chi connectivity index (χ3v) is 14.4. The molecule has 4 aliphatic rings. The second kappa shape index (κ2) is 17.4. The van der Waals surface area contributed by atoms with Crippen LogP contribution in [0.5, 0.6) is 5.75 Å². The van der Waals surface area contributed by atoms with Gasteiger partial charge >= 0.3 is 0 Å². The standard InChI is InChI=1S/C41H58ClN3O7S/c1-5-34-10-6-7-18-41(50-4,29-52-24-21-44-19-22-51-23-20-44)36-14-11-32(36)27-45(28-40(2)17-8-9-30-25-33(42)13-15-35(30)40)37-26-31(12-16-38(37)49-3)39(46)43-53(34,47)48/h7,12-13,15-16,18,25-26,32,34,36H,5-6,8-11,14,17,19-24,27-29H2,1-4H3,(H,43,46)/b18-7+/t32-,34+,36+,40-,41+/m0/s1. The summed E-state index contributed by atoms with van der Waals surface area (Å²) in [5.74, 6) is 0.426. The van der Waals surface area contributed by atoms with Crippen LogP contribution in [0.2, 0.25) is 5.02 Å². The number of nitrogens with zero attached hydrogens (tertiary/aromatic N) is 2. The van der Waals surface area contributed by atoms with Crippen LogP contribution < -0.4 is 14.4 Å². The molecule has 1 N–H and O–H groups in total. The van der Waals surface area contributed by atoms with Gasteiger partial charge in [0.15, 0.2) is 0 Å². The molecular formula is C41H58ClN3O7S. The highest BCUT2D eigenvalue weighted by Crippen LogP contribution is 2.48. The molecule has 6 rings (SSSR count). The van der Waals surface area contributed by atoms with Gasteiger partial charge in [0.05, 0.1) is 44.5 Å². The van der Waals surface area contributed by atoms with Crippen molar-refractivity contribution in [3.05, 3.63) is 70.3 Å². The van der Waals surface area contributed by atoms with Crippen molar-refractivity contribution in [1.29, 1.82) is 0 Å². The second-order valence-electron chi connectivity index (χ2n) is 15.6. The zero-order chi connectivity index (χ0) is 37.6. The summed E-state index contributed by atoms with van der Waals surface area (Å²) in [6, 6.07) is 11.5. The molecule has 2 heterocycles. The van der Waals surface area contributed by atoms with Gasteiger partial charge in [0, 0.05) is 55.8 Å². The molecule has 1 saturated carbocycles. The molecule has 2 aromatic rings. The molecule has 2 fully saturated rings. The Morgan fingerprint density at radius 2 is 1.89 bits per heavy atom. The fourth-order valence-electron chi connectivity index (χ4n) is 9.01. The number of benzene rings is 2. The van der Waals surface area contributed by atoms with E-state index in [2.05, 4.69) is 45.7 Å². The van der Waals surface area contributed by atoms with Gasteiger partial charge in [-0.2, -0.15) is 0 Å². The van der Waals surface area contributed by atoms with Crippen LogP contribution in [0, 0.1) is 11.8 Å². The molecule has 10 nitrogen and oxygen atoms in total. The van der Waals surface area contributed by atoms with Gasteiger partial charge in [-0.25, -0.2) is 13.1 Å². The number of nitrogens with one attached hydrogen (secondary N) is 1. The maximum Gasteiger partial charge on any atom is 0.264 e. The molecule has 0 radical (unpaired) electrons. The predicted octanol–water partition coefficient (Wildman–Crippen LogP) is 6.40. The molecule has 2 aromatic carbocycles. The zero-order valence-corrected chi connectivity index (χ0v) is 33.5. The van der Waals surface area contributed by atoms with Crippen LogP contribution in [-0.4, -0.2) is 103 Å². The highest BCUT2D eigenvalue weighted by atomic mass is 35.5. The average molecular weight is 772 g/mol. The summed E-state index contributed by atoms with van der Waals surface area (Å²) in [6.45, 7) is 10.7. The Bertz CT molecular complexity index is 1720. The number of sulfonamides is 1. The Morgan fingerprint density at radius 3 is 2.60 bits per heavy atom. The van der Waals surface area contributed by atoms with Crippen LogP contribution in [0.1, 0.15) is 80.3 Å². The van der Waals surface area contributed by atoms with Crippen molar-refractivity contribution < 1.29 is 32.2 Å². The minimum atomic E-state index is -3.95. The van der Waals surface area contributed by atoms with E-state index in [4.69, 9.17) is 30.5 Å². The predicted molar refractivity (Wildman–Crippen MR) is 210 cm³/mol. The van der Waals surface area contributed by atoms with Crippen LogP contribution in [0.4, 0.5) is 5.69 Å². The largest absolute Gasteiger partial charge is 0.495 e. The molecule has 5 atom stereocenters. The fourth-order valence-corrected chi connectivity index (χ4v) is 10.6. The van der Waals surface area contributed by atoms with Crippen molar-refractivity contribution in [3.63, 3.8) is 0 Å². The number of methoxy groups -OCH3 is 2. The molecule has 2 aliphatic heterocycles. The third-order valence-electron chi connectivity index (χ3n) is 12.3. The van der Waals surface area contributed by atoms with Crippen molar-refractivity contribution in [2.75, 3.05) is 78.3 Å². The number of morpholine rings is 1. The lowest BCUT2D eigenvalue weighted by molar-refractivity contribution is -0.120. The molecular weight excluding hydrogens is 714 g/mol. The first-order valence-corrected chi connectivity index (χ1v) is 21.3. The highest BCUT2D eigenvalue weighted by molar-refractivity contribution is 7.90. The van der Waals surface area contributed by atoms with Gasteiger partial charge < -0.3 is 23.8 Å². The van der Waals surface area contributed by atoms with Crippen molar-refractivity contribution in [2.45, 2.75) is 81.5 Å². The summed E-state index contributed by atoms with van der Waals surface area (Å²) < 4.78 is 54.0. The summed E-state index contributed by atoms with van der Waals surface area (Å²) in [4.78, 5) is 18.4. The Labute approximate surface area is 321 Å². The van der Waals surface area contributed by atoms with Crippen molar-refractivity contribution in [2.24, 2.45) is 11.8 Å². The summed E-state index contributed by atoms with van der Waals surface area (Å²) in [6.07, 6.45) is 10.5. The van der Waals surface area contributed by atoms with Gasteiger partial charge in [-0.3, -0.25) is 9.69 Å². The SMILES string of the molecule is CC[C@@H]1CC/C=C/[C@](COCCN2CCOCC2)(OC)[C@@H]2CC[C@H]2CN(C[C@]2(C)CCCc3cc(Cl)ccc32)c2cc(ccc2OC)C(=O)NS1(=O)=O. The van der Waals surface area contributed by atoms with Crippen molar-refractivity contribution in [1.82, 2.24) is 9.62 Å². The number of ether oxygens (including phenoxy) is 4. The molecule has 53 heavy (non-hydrogen) atoms. The molecule has 12 heteroatoms. The fraction of sp³-hybridized carbons (Fsp3) is 0.634.